The molecule has 1 aromatic carbocycles. The predicted molar refractivity (Wildman–Crippen MR) is 100 cm³/mol. The van der Waals surface area contributed by atoms with Gasteiger partial charge in [-0.15, -0.1) is 0 Å². The molecule has 26 heavy (non-hydrogen) atoms. The van der Waals surface area contributed by atoms with Gasteiger partial charge in [-0.05, 0) is 31.4 Å². The predicted octanol–water partition coefficient (Wildman–Crippen LogP) is 2.76. The molecule has 3 rings (SSSR count). The summed E-state index contributed by atoms with van der Waals surface area (Å²) in [5.74, 6) is -0.688. The summed E-state index contributed by atoms with van der Waals surface area (Å²) < 4.78 is 0. The van der Waals surface area contributed by atoms with Gasteiger partial charge >= 0.3 is 0 Å². The van der Waals surface area contributed by atoms with E-state index in [9.17, 15) is 19.7 Å². The monoisotopic (exact) mass is 376 g/mol. The third-order valence-electron chi connectivity index (χ3n) is 4.40. The highest BCUT2D eigenvalue weighted by atomic mass is 32.2. The smallest absolute Gasteiger partial charge is 0.293 e. The molecule has 1 atom stereocenters. The van der Waals surface area contributed by atoms with Crippen LogP contribution in [0.25, 0.3) is 0 Å². The Labute approximate surface area is 155 Å². The van der Waals surface area contributed by atoms with E-state index in [0.29, 0.717) is 5.17 Å². The van der Waals surface area contributed by atoms with Crippen molar-refractivity contribution >= 4 is 40.1 Å². The number of nitro groups is 1. The van der Waals surface area contributed by atoms with Crippen molar-refractivity contribution in [2.45, 2.75) is 50.3 Å². The van der Waals surface area contributed by atoms with Crippen LogP contribution in [0.15, 0.2) is 23.2 Å². The van der Waals surface area contributed by atoms with Crippen LogP contribution in [0.5, 0.6) is 0 Å². The zero-order valence-electron chi connectivity index (χ0n) is 14.4. The molecule has 0 spiro atoms. The van der Waals surface area contributed by atoms with Crippen molar-refractivity contribution in [2.75, 3.05) is 5.32 Å². The van der Waals surface area contributed by atoms with E-state index in [2.05, 4.69) is 15.6 Å². The average molecular weight is 376 g/mol. The molecule has 0 radical (unpaired) electrons. The van der Waals surface area contributed by atoms with E-state index >= 15 is 0 Å². The molecule has 0 unspecified atom stereocenters. The van der Waals surface area contributed by atoms with Crippen molar-refractivity contribution in [1.82, 2.24) is 5.32 Å². The van der Waals surface area contributed by atoms with Gasteiger partial charge in [0.25, 0.3) is 5.69 Å². The number of nitrogens with zero attached hydrogens (tertiary/aromatic N) is 2. The number of hydrogen-bond acceptors (Lipinski definition) is 6. The first-order valence-corrected chi connectivity index (χ1v) is 9.40. The van der Waals surface area contributed by atoms with E-state index in [1.165, 1.54) is 23.9 Å². The van der Waals surface area contributed by atoms with Crippen LogP contribution in [0.4, 0.5) is 11.4 Å². The Balaban J connectivity index is 1.62. The number of nitro benzene ring substituents is 1. The minimum atomic E-state index is -0.570. The van der Waals surface area contributed by atoms with Crippen molar-refractivity contribution in [3.8, 4) is 0 Å². The first-order valence-electron chi connectivity index (χ1n) is 8.52. The highest BCUT2D eigenvalue weighted by molar-refractivity contribution is 8.15. The Morgan fingerprint density at radius 3 is 2.85 bits per heavy atom. The van der Waals surface area contributed by atoms with Gasteiger partial charge in [0, 0.05) is 12.5 Å². The lowest BCUT2D eigenvalue weighted by molar-refractivity contribution is -0.384. The van der Waals surface area contributed by atoms with Crippen LogP contribution in [0.1, 0.15) is 37.7 Å². The number of nitrogens with one attached hydrogen (secondary N) is 2. The van der Waals surface area contributed by atoms with E-state index < -0.39 is 16.1 Å². The highest BCUT2D eigenvalue weighted by Gasteiger charge is 2.33. The molecule has 1 aliphatic carbocycles. The van der Waals surface area contributed by atoms with Crippen LogP contribution in [0, 0.1) is 17.0 Å². The van der Waals surface area contributed by atoms with Gasteiger partial charge in [0.05, 0.1) is 11.0 Å². The summed E-state index contributed by atoms with van der Waals surface area (Å²) in [5, 5.41) is 16.4. The molecular weight excluding hydrogens is 356 g/mol. The first kappa shape index (κ1) is 18.4. The number of amides is 2. The molecule has 138 valence electrons. The number of anilines is 1. The van der Waals surface area contributed by atoms with Crippen LogP contribution in [-0.2, 0) is 9.59 Å². The molecular formula is C17H20N4O4S. The van der Waals surface area contributed by atoms with Crippen LogP contribution in [-0.4, -0.2) is 33.2 Å². The Kier molecular flexibility index (Phi) is 5.55. The van der Waals surface area contributed by atoms with Crippen molar-refractivity contribution in [3.05, 3.63) is 33.9 Å². The number of carbonyl (C=O) groups excluding carboxylic acids is 2. The summed E-state index contributed by atoms with van der Waals surface area (Å²) in [7, 11) is 0. The Hall–Kier alpha value is -2.42. The molecule has 8 nitrogen and oxygen atoms in total. The lowest BCUT2D eigenvalue weighted by atomic mass is 10.2. The van der Waals surface area contributed by atoms with Gasteiger partial charge in [-0.3, -0.25) is 24.7 Å². The van der Waals surface area contributed by atoms with Gasteiger partial charge in [0.2, 0.25) is 11.8 Å². The molecule has 1 heterocycles. The number of thioether (sulfide) groups is 1. The van der Waals surface area contributed by atoms with Crippen LogP contribution < -0.4 is 10.6 Å². The zero-order chi connectivity index (χ0) is 18.7. The molecule has 0 aromatic heterocycles. The van der Waals surface area contributed by atoms with Crippen molar-refractivity contribution in [3.63, 3.8) is 0 Å². The number of benzene rings is 1. The fourth-order valence-electron chi connectivity index (χ4n) is 3.07. The van der Waals surface area contributed by atoms with Gasteiger partial charge in [-0.2, -0.15) is 0 Å². The van der Waals surface area contributed by atoms with Crippen LogP contribution in [0.2, 0.25) is 0 Å². The van der Waals surface area contributed by atoms with Gasteiger partial charge in [-0.25, -0.2) is 0 Å². The first-order chi connectivity index (χ1) is 12.4. The molecule has 9 heteroatoms. The Morgan fingerprint density at radius 1 is 1.42 bits per heavy atom. The third-order valence-corrected chi connectivity index (χ3v) is 5.49. The molecule has 1 aliphatic heterocycles. The van der Waals surface area contributed by atoms with Gasteiger partial charge < -0.3 is 10.6 Å². The molecule has 1 saturated carbocycles. The standard InChI is InChI=1S/C17H20N4O4S/c1-10-6-7-12(13(8-10)21(24)25)19-15(22)9-14-16(23)20-17(26-14)18-11-4-2-3-5-11/h6-8,11,14H,2-5,9H2,1H3,(H,19,22)(H,18,20,23)/t14-/m1/s1. The van der Waals surface area contributed by atoms with Crippen molar-refractivity contribution in [2.24, 2.45) is 4.99 Å². The molecule has 1 aromatic rings. The minimum Gasteiger partial charge on any atom is -0.320 e. The average Bonchev–Trinajstić information content (AvgIpc) is 3.19. The molecule has 2 amide bonds. The fourth-order valence-corrected chi connectivity index (χ4v) is 4.11. The second-order valence-corrected chi connectivity index (χ2v) is 7.69. The summed E-state index contributed by atoms with van der Waals surface area (Å²) in [4.78, 5) is 39.5. The minimum absolute atomic E-state index is 0.0643. The van der Waals surface area contributed by atoms with Crippen molar-refractivity contribution in [1.29, 1.82) is 0 Å². The van der Waals surface area contributed by atoms with Gasteiger partial charge in [-0.1, -0.05) is 30.7 Å². The van der Waals surface area contributed by atoms with E-state index in [0.717, 1.165) is 31.2 Å². The summed E-state index contributed by atoms with van der Waals surface area (Å²) in [6.07, 6.45) is 4.30. The molecule has 1 saturated heterocycles. The quantitative estimate of drug-likeness (QED) is 0.606. The second kappa shape index (κ2) is 7.86. The molecule has 2 fully saturated rings. The number of aryl methyl sites for hydroxylation is 1. The number of aliphatic imine (C=N–C) groups is 1. The summed E-state index contributed by atoms with van der Waals surface area (Å²) in [6.45, 7) is 1.74. The van der Waals surface area contributed by atoms with E-state index in [1.807, 2.05) is 0 Å². The summed E-state index contributed by atoms with van der Waals surface area (Å²) in [5.41, 5.74) is 0.701. The van der Waals surface area contributed by atoms with Crippen LogP contribution >= 0.6 is 11.8 Å². The number of hydrogen-bond donors (Lipinski definition) is 2. The topological polar surface area (TPSA) is 114 Å². The fraction of sp³-hybridized carbons (Fsp3) is 0.471. The lowest BCUT2D eigenvalue weighted by Crippen LogP contribution is -2.28. The maximum absolute atomic E-state index is 12.3. The lowest BCUT2D eigenvalue weighted by Gasteiger charge is -2.08. The largest absolute Gasteiger partial charge is 0.320 e. The SMILES string of the molecule is Cc1ccc(NC(=O)C[C@H]2SC(=NC3CCCC3)NC2=O)c([N+](=O)[O-])c1. The van der Waals surface area contributed by atoms with E-state index in [-0.39, 0.29) is 29.7 Å². The van der Waals surface area contributed by atoms with Gasteiger partial charge in [0.15, 0.2) is 5.17 Å². The summed E-state index contributed by atoms with van der Waals surface area (Å²) >= 11 is 1.25. The van der Waals surface area contributed by atoms with E-state index in [1.54, 1.807) is 13.0 Å². The Bertz CT molecular complexity index is 774. The number of rotatable bonds is 5. The molecule has 2 N–H and O–H groups in total. The number of carbonyl (C=O) groups is 2. The third kappa shape index (κ3) is 4.40. The van der Waals surface area contributed by atoms with Crippen LogP contribution in [0.3, 0.4) is 0 Å². The normalized spacial score (nSPS) is 21.8. The maximum Gasteiger partial charge on any atom is 0.293 e. The molecule has 0 bridgehead atoms. The second-order valence-electron chi connectivity index (χ2n) is 6.50. The van der Waals surface area contributed by atoms with Crippen molar-refractivity contribution < 1.29 is 14.5 Å². The summed E-state index contributed by atoms with van der Waals surface area (Å²) in [6, 6.07) is 4.84. The van der Waals surface area contributed by atoms with Gasteiger partial charge in [0.1, 0.15) is 10.9 Å². The number of amidine groups is 1. The maximum atomic E-state index is 12.3. The highest BCUT2D eigenvalue weighted by Crippen LogP contribution is 2.29. The molecule has 2 aliphatic rings. The Morgan fingerprint density at radius 2 is 2.15 bits per heavy atom. The van der Waals surface area contributed by atoms with E-state index in [4.69, 9.17) is 0 Å². The zero-order valence-corrected chi connectivity index (χ0v) is 15.2.